The highest BCUT2D eigenvalue weighted by atomic mass is 16.2. The lowest BCUT2D eigenvalue weighted by Crippen LogP contribution is -2.38. The van der Waals surface area contributed by atoms with Crippen LogP contribution in [-0.2, 0) is 4.79 Å². The van der Waals surface area contributed by atoms with Crippen molar-refractivity contribution in [3.05, 3.63) is 12.7 Å². The predicted molar refractivity (Wildman–Crippen MR) is 55.6 cm³/mol. The molecule has 0 atom stereocenters. The van der Waals surface area contributed by atoms with Gasteiger partial charge < -0.3 is 10.2 Å². The summed E-state index contributed by atoms with van der Waals surface area (Å²) in [5.74, 6) is 0.0320. The molecule has 78 valence electrons. The molecule has 1 amide bonds. The Hall–Kier alpha value is -1.34. The fraction of sp³-hybridized carbons (Fsp3) is 0.600. The summed E-state index contributed by atoms with van der Waals surface area (Å²) in [5.41, 5.74) is 0. The number of nitrogens with one attached hydrogen (secondary N) is 1. The van der Waals surface area contributed by atoms with E-state index in [2.05, 4.69) is 11.9 Å². The van der Waals surface area contributed by atoms with Gasteiger partial charge in [-0.1, -0.05) is 6.08 Å². The number of likely N-dealkylation sites (N-methyl/N-ethyl adjacent to an activating group) is 1. The number of nitrogens with zero attached hydrogens (tertiary/aromatic N) is 2. The summed E-state index contributed by atoms with van der Waals surface area (Å²) < 4.78 is 0. The van der Waals surface area contributed by atoms with Crippen molar-refractivity contribution in [3.8, 4) is 6.07 Å². The van der Waals surface area contributed by atoms with Crippen molar-refractivity contribution in [2.45, 2.75) is 13.3 Å². The molecule has 0 aliphatic carbocycles. The Morgan fingerprint density at radius 3 is 2.93 bits per heavy atom. The van der Waals surface area contributed by atoms with Gasteiger partial charge in [-0.2, -0.15) is 5.26 Å². The molecule has 0 fully saturated rings. The van der Waals surface area contributed by atoms with E-state index in [4.69, 9.17) is 5.26 Å². The van der Waals surface area contributed by atoms with Gasteiger partial charge in [0, 0.05) is 19.6 Å². The van der Waals surface area contributed by atoms with Gasteiger partial charge >= 0.3 is 0 Å². The van der Waals surface area contributed by atoms with E-state index in [0.717, 1.165) is 0 Å². The van der Waals surface area contributed by atoms with E-state index < -0.39 is 0 Å². The van der Waals surface area contributed by atoms with Crippen molar-refractivity contribution in [1.82, 2.24) is 10.2 Å². The number of hydrogen-bond acceptors (Lipinski definition) is 3. The summed E-state index contributed by atoms with van der Waals surface area (Å²) in [5, 5.41) is 11.3. The van der Waals surface area contributed by atoms with Crippen LogP contribution in [0.4, 0.5) is 0 Å². The molecule has 0 aromatic carbocycles. The number of carbonyl (C=O) groups excluding carboxylic acids is 1. The van der Waals surface area contributed by atoms with Gasteiger partial charge in [0.15, 0.2) is 0 Å². The molecule has 0 unspecified atom stereocenters. The van der Waals surface area contributed by atoms with Gasteiger partial charge in [0.1, 0.15) is 0 Å². The van der Waals surface area contributed by atoms with Crippen molar-refractivity contribution in [3.63, 3.8) is 0 Å². The lowest BCUT2D eigenvalue weighted by molar-refractivity contribution is -0.129. The van der Waals surface area contributed by atoms with Gasteiger partial charge in [0.05, 0.1) is 19.0 Å². The van der Waals surface area contributed by atoms with Crippen LogP contribution in [0.3, 0.4) is 0 Å². The van der Waals surface area contributed by atoms with Crippen LogP contribution in [0.15, 0.2) is 12.7 Å². The van der Waals surface area contributed by atoms with Gasteiger partial charge in [-0.15, -0.1) is 6.58 Å². The maximum Gasteiger partial charge on any atom is 0.236 e. The Morgan fingerprint density at radius 1 is 1.71 bits per heavy atom. The van der Waals surface area contributed by atoms with E-state index in [9.17, 15) is 4.79 Å². The van der Waals surface area contributed by atoms with E-state index in [1.54, 1.807) is 11.0 Å². The first kappa shape index (κ1) is 12.7. The summed E-state index contributed by atoms with van der Waals surface area (Å²) in [6, 6.07) is 2.02. The maximum absolute atomic E-state index is 11.5. The van der Waals surface area contributed by atoms with Crippen LogP contribution in [0.25, 0.3) is 0 Å². The number of nitriles is 1. The molecule has 0 aliphatic rings. The van der Waals surface area contributed by atoms with E-state index >= 15 is 0 Å². The average molecular weight is 195 g/mol. The van der Waals surface area contributed by atoms with Gasteiger partial charge in [-0.25, -0.2) is 0 Å². The summed E-state index contributed by atoms with van der Waals surface area (Å²) >= 11 is 0. The SMILES string of the molecule is C=CCNCC(=O)N(CC)CCC#N. The van der Waals surface area contributed by atoms with Crippen LogP contribution in [0.2, 0.25) is 0 Å². The van der Waals surface area contributed by atoms with Crippen LogP contribution in [0.5, 0.6) is 0 Å². The van der Waals surface area contributed by atoms with Crippen molar-refractivity contribution in [2.24, 2.45) is 0 Å². The Balaban J connectivity index is 3.80. The Morgan fingerprint density at radius 2 is 2.43 bits per heavy atom. The molecule has 0 aliphatic heterocycles. The minimum absolute atomic E-state index is 0.0320. The third-order valence-electron chi connectivity index (χ3n) is 1.79. The van der Waals surface area contributed by atoms with Crippen LogP contribution >= 0.6 is 0 Å². The molecule has 0 saturated carbocycles. The van der Waals surface area contributed by atoms with Crippen molar-refractivity contribution in [2.75, 3.05) is 26.2 Å². The summed E-state index contributed by atoms with van der Waals surface area (Å²) in [7, 11) is 0. The summed E-state index contributed by atoms with van der Waals surface area (Å²) in [6.45, 7) is 7.55. The molecular weight excluding hydrogens is 178 g/mol. The number of carbonyl (C=O) groups is 1. The first-order valence-corrected chi connectivity index (χ1v) is 4.72. The molecule has 0 saturated heterocycles. The monoisotopic (exact) mass is 195 g/mol. The molecule has 14 heavy (non-hydrogen) atoms. The molecule has 1 N–H and O–H groups in total. The van der Waals surface area contributed by atoms with Gasteiger partial charge in [-0.3, -0.25) is 4.79 Å². The molecule has 4 nitrogen and oxygen atoms in total. The molecule has 0 bridgehead atoms. The zero-order chi connectivity index (χ0) is 10.8. The van der Waals surface area contributed by atoms with Crippen molar-refractivity contribution in [1.29, 1.82) is 5.26 Å². The number of rotatable bonds is 7. The normalized spacial score (nSPS) is 9.14. The van der Waals surface area contributed by atoms with Crippen LogP contribution in [-0.4, -0.2) is 37.0 Å². The third kappa shape index (κ3) is 5.33. The maximum atomic E-state index is 11.5. The van der Waals surface area contributed by atoms with E-state index in [1.807, 2.05) is 13.0 Å². The quantitative estimate of drug-likeness (QED) is 0.476. The number of amides is 1. The highest BCUT2D eigenvalue weighted by Gasteiger charge is 2.09. The minimum atomic E-state index is 0.0320. The smallest absolute Gasteiger partial charge is 0.236 e. The molecule has 0 radical (unpaired) electrons. The second-order valence-corrected chi connectivity index (χ2v) is 2.80. The second kappa shape index (κ2) is 8.27. The summed E-state index contributed by atoms with van der Waals surface area (Å²) in [4.78, 5) is 13.1. The first-order chi connectivity index (χ1) is 6.76. The predicted octanol–water partition coefficient (Wildman–Crippen LogP) is 0.524. The van der Waals surface area contributed by atoms with Gasteiger partial charge in [0.2, 0.25) is 5.91 Å². The van der Waals surface area contributed by atoms with Gasteiger partial charge in [0.25, 0.3) is 0 Å². The fourth-order valence-electron chi connectivity index (χ4n) is 1.04. The average Bonchev–Trinajstić information content (AvgIpc) is 2.19. The number of hydrogen-bond donors (Lipinski definition) is 1. The highest BCUT2D eigenvalue weighted by Crippen LogP contribution is 1.91. The highest BCUT2D eigenvalue weighted by molar-refractivity contribution is 5.78. The first-order valence-electron chi connectivity index (χ1n) is 4.72. The molecule has 4 heteroatoms. The lowest BCUT2D eigenvalue weighted by atomic mass is 10.3. The second-order valence-electron chi connectivity index (χ2n) is 2.80. The largest absolute Gasteiger partial charge is 0.341 e. The van der Waals surface area contributed by atoms with Crippen LogP contribution in [0, 0.1) is 11.3 Å². The zero-order valence-electron chi connectivity index (χ0n) is 8.62. The van der Waals surface area contributed by atoms with Crippen LogP contribution < -0.4 is 5.32 Å². The summed E-state index contributed by atoms with van der Waals surface area (Å²) in [6.07, 6.45) is 2.10. The van der Waals surface area contributed by atoms with Crippen LogP contribution in [0.1, 0.15) is 13.3 Å². The van der Waals surface area contributed by atoms with Crippen molar-refractivity contribution >= 4 is 5.91 Å². The van der Waals surface area contributed by atoms with E-state index in [0.29, 0.717) is 32.6 Å². The Kier molecular flexibility index (Phi) is 7.48. The fourth-order valence-corrected chi connectivity index (χ4v) is 1.04. The molecule has 0 aromatic heterocycles. The standard InChI is InChI=1S/C10H17N3O/c1-3-7-12-9-10(14)13(4-2)8-5-6-11/h3,12H,1,4-5,7-9H2,2H3. The van der Waals surface area contributed by atoms with Crippen molar-refractivity contribution < 1.29 is 4.79 Å². The lowest BCUT2D eigenvalue weighted by Gasteiger charge is -2.19. The Bertz CT molecular complexity index is 220. The van der Waals surface area contributed by atoms with E-state index in [1.165, 1.54) is 0 Å². The molecule has 0 heterocycles. The minimum Gasteiger partial charge on any atom is -0.341 e. The van der Waals surface area contributed by atoms with E-state index in [-0.39, 0.29) is 5.91 Å². The van der Waals surface area contributed by atoms with Gasteiger partial charge in [-0.05, 0) is 6.92 Å². The third-order valence-corrected chi connectivity index (χ3v) is 1.79. The Labute approximate surface area is 85.2 Å². The zero-order valence-corrected chi connectivity index (χ0v) is 8.62. The topological polar surface area (TPSA) is 56.1 Å². The molecular formula is C10H17N3O. The molecule has 0 aromatic rings. The molecule has 0 spiro atoms. The molecule has 0 rings (SSSR count).